The number of urea groups is 1. The van der Waals surface area contributed by atoms with E-state index in [0.717, 1.165) is 16.6 Å². The minimum atomic E-state index is -0.749. The lowest BCUT2D eigenvalue weighted by molar-refractivity contribution is -0.131. The van der Waals surface area contributed by atoms with Crippen LogP contribution < -0.4 is 15.4 Å². The second kappa shape index (κ2) is 5.31. The molecule has 21 heavy (non-hydrogen) atoms. The first-order valence-electron chi connectivity index (χ1n) is 6.73. The van der Waals surface area contributed by atoms with Crippen LogP contribution in [0.15, 0.2) is 22.7 Å². The molecule has 2 aliphatic heterocycles. The SMILES string of the molecule is COc1ccc(CN2C(=O)NC3(CCNC3)C2=O)cc1Br. The van der Waals surface area contributed by atoms with Gasteiger partial charge in [0.25, 0.3) is 5.91 Å². The van der Waals surface area contributed by atoms with Crippen molar-refractivity contribution in [3.63, 3.8) is 0 Å². The Morgan fingerprint density at radius 1 is 1.43 bits per heavy atom. The fraction of sp³-hybridized carbons (Fsp3) is 0.429. The van der Waals surface area contributed by atoms with Crippen molar-refractivity contribution in [2.45, 2.75) is 18.5 Å². The van der Waals surface area contributed by atoms with Crippen LogP contribution in [0, 0.1) is 0 Å². The Balaban J connectivity index is 1.80. The number of nitrogens with zero attached hydrogens (tertiary/aromatic N) is 1. The number of hydrogen-bond donors (Lipinski definition) is 2. The van der Waals surface area contributed by atoms with Gasteiger partial charge in [0.2, 0.25) is 0 Å². The highest BCUT2D eigenvalue weighted by Gasteiger charge is 2.52. The molecular formula is C14H16BrN3O3. The lowest BCUT2D eigenvalue weighted by atomic mass is 9.99. The maximum atomic E-state index is 12.5. The van der Waals surface area contributed by atoms with Crippen molar-refractivity contribution in [1.29, 1.82) is 0 Å². The van der Waals surface area contributed by atoms with Crippen LogP contribution in [0.1, 0.15) is 12.0 Å². The number of amides is 3. The van der Waals surface area contributed by atoms with Gasteiger partial charge in [-0.2, -0.15) is 0 Å². The Hall–Kier alpha value is -1.60. The molecule has 2 N–H and O–H groups in total. The Labute approximate surface area is 131 Å². The molecule has 3 rings (SSSR count). The van der Waals surface area contributed by atoms with Crippen molar-refractivity contribution in [3.8, 4) is 5.75 Å². The number of carbonyl (C=O) groups is 2. The molecule has 0 aromatic heterocycles. The highest BCUT2D eigenvalue weighted by molar-refractivity contribution is 9.10. The summed E-state index contributed by atoms with van der Waals surface area (Å²) in [6.07, 6.45) is 0.639. The number of methoxy groups -OCH3 is 1. The maximum Gasteiger partial charge on any atom is 0.325 e. The Morgan fingerprint density at radius 3 is 2.86 bits per heavy atom. The first-order chi connectivity index (χ1) is 10.1. The van der Waals surface area contributed by atoms with Crippen molar-refractivity contribution < 1.29 is 14.3 Å². The molecule has 1 atom stereocenters. The molecule has 2 fully saturated rings. The molecule has 6 nitrogen and oxygen atoms in total. The van der Waals surface area contributed by atoms with Gasteiger partial charge in [0, 0.05) is 6.54 Å². The van der Waals surface area contributed by atoms with Crippen molar-refractivity contribution >= 4 is 27.9 Å². The van der Waals surface area contributed by atoms with E-state index in [0.29, 0.717) is 18.7 Å². The van der Waals surface area contributed by atoms with Crippen LogP contribution in [0.2, 0.25) is 0 Å². The molecule has 1 aromatic carbocycles. The molecule has 2 heterocycles. The van der Waals surface area contributed by atoms with E-state index in [1.807, 2.05) is 18.2 Å². The minimum Gasteiger partial charge on any atom is -0.496 e. The third kappa shape index (κ3) is 2.40. The Morgan fingerprint density at radius 2 is 2.24 bits per heavy atom. The average molecular weight is 354 g/mol. The lowest BCUT2D eigenvalue weighted by Gasteiger charge is -2.19. The minimum absolute atomic E-state index is 0.149. The van der Waals surface area contributed by atoms with Gasteiger partial charge >= 0.3 is 6.03 Å². The van der Waals surface area contributed by atoms with Crippen LogP contribution >= 0.6 is 15.9 Å². The average Bonchev–Trinajstić information content (AvgIpc) is 3.01. The second-order valence-corrected chi connectivity index (χ2v) is 6.15. The highest BCUT2D eigenvalue weighted by Crippen LogP contribution is 2.29. The molecule has 1 unspecified atom stereocenters. The van der Waals surface area contributed by atoms with Crippen molar-refractivity contribution in [3.05, 3.63) is 28.2 Å². The number of hydrogen-bond acceptors (Lipinski definition) is 4. The topological polar surface area (TPSA) is 70.7 Å². The predicted octanol–water partition coefficient (Wildman–Crippen LogP) is 1.24. The lowest BCUT2D eigenvalue weighted by Crippen LogP contribution is -2.48. The van der Waals surface area contributed by atoms with Gasteiger partial charge in [-0.25, -0.2) is 4.79 Å². The molecular weight excluding hydrogens is 338 g/mol. The van der Waals surface area contributed by atoms with E-state index in [1.54, 1.807) is 7.11 Å². The van der Waals surface area contributed by atoms with Crippen LogP contribution in [0.25, 0.3) is 0 Å². The molecule has 0 bridgehead atoms. The van der Waals surface area contributed by atoms with Gasteiger partial charge in [-0.3, -0.25) is 9.69 Å². The maximum absolute atomic E-state index is 12.5. The van der Waals surface area contributed by atoms with Gasteiger partial charge in [-0.1, -0.05) is 6.07 Å². The predicted molar refractivity (Wildman–Crippen MR) is 80.0 cm³/mol. The second-order valence-electron chi connectivity index (χ2n) is 5.30. The molecule has 1 aromatic rings. The molecule has 112 valence electrons. The molecule has 1 spiro atoms. The summed E-state index contributed by atoms with van der Waals surface area (Å²) in [6, 6.07) is 5.19. The molecule has 2 saturated heterocycles. The van der Waals surface area contributed by atoms with Crippen molar-refractivity contribution in [2.24, 2.45) is 0 Å². The molecule has 0 radical (unpaired) electrons. The molecule has 7 heteroatoms. The van der Waals surface area contributed by atoms with E-state index in [2.05, 4.69) is 26.6 Å². The van der Waals surface area contributed by atoms with E-state index in [1.165, 1.54) is 4.90 Å². The number of carbonyl (C=O) groups excluding carboxylic acids is 2. The Bertz CT molecular complexity index is 599. The number of imide groups is 1. The fourth-order valence-corrected chi connectivity index (χ4v) is 3.38. The van der Waals surface area contributed by atoms with Crippen LogP contribution in [0.4, 0.5) is 4.79 Å². The smallest absolute Gasteiger partial charge is 0.325 e. The molecule has 0 saturated carbocycles. The van der Waals surface area contributed by atoms with E-state index in [-0.39, 0.29) is 18.5 Å². The standard InChI is InChI=1S/C14H16BrN3O3/c1-21-11-3-2-9(6-10(11)15)7-18-12(19)14(17-13(18)20)4-5-16-8-14/h2-3,6,16H,4-5,7-8H2,1H3,(H,17,20). The summed E-state index contributed by atoms with van der Waals surface area (Å²) in [4.78, 5) is 25.9. The van der Waals surface area contributed by atoms with Gasteiger partial charge in [-0.15, -0.1) is 0 Å². The van der Waals surface area contributed by atoms with Gasteiger partial charge in [0.15, 0.2) is 0 Å². The zero-order chi connectivity index (χ0) is 15.0. The number of nitrogens with one attached hydrogen (secondary N) is 2. The quantitative estimate of drug-likeness (QED) is 0.802. The van der Waals surface area contributed by atoms with E-state index < -0.39 is 5.54 Å². The summed E-state index contributed by atoms with van der Waals surface area (Å²) >= 11 is 3.41. The normalized spacial score (nSPS) is 24.8. The van der Waals surface area contributed by atoms with Crippen LogP contribution in [0.3, 0.4) is 0 Å². The summed E-state index contributed by atoms with van der Waals surface area (Å²) in [5, 5.41) is 5.95. The number of benzene rings is 1. The number of rotatable bonds is 3. The van der Waals surface area contributed by atoms with Crippen molar-refractivity contribution in [1.82, 2.24) is 15.5 Å². The zero-order valence-electron chi connectivity index (χ0n) is 11.6. The van der Waals surface area contributed by atoms with Gasteiger partial charge in [-0.05, 0) is 46.6 Å². The van der Waals surface area contributed by atoms with E-state index in [9.17, 15) is 9.59 Å². The van der Waals surface area contributed by atoms with E-state index >= 15 is 0 Å². The van der Waals surface area contributed by atoms with E-state index in [4.69, 9.17) is 4.74 Å². The van der Waals surface area contributed by atoms with Crippen LogP contribution in [-0.2, 0) is 11.3 Å². The summed E-state index contributed by atoms with van der Waals surface area (Å²) in [5.41, 5.74) is 0.120. The summed E-state index contributed by atoms with van der Waals surface area (Å²) in [7, 11) is 1.59. The summed E-state index contributed by atoms with van der Waals surface area (Å²) < 4.78 is 5.97. The molecule has 3 amide bonds. The number of halogens is 1. The highest BCUT2D eigenvalue weighted by atomic mass is 79.9. The Kier molecular flexibility index (Phi) is 3.62. The first-order valence-corrected chi connectivity index (χ1v) is 7.52. The van der Waals surface area contributed by atoms with Crippen LogP contribution in [-0.4, -0.2) is 42.6 Å². The summed E-state index contributed by atoms with van der Waals surface area (Å²) in [6.45, 7) is 1.50. The number of ether oxygens (including phenoxy) is 1. The van der Waals surface area contributed by atoms with Gasteiger partial charge < -0.3 is 15.4 Å². The van der Waals surface area contributed by atoms with Crippen LogP contribution in [0.5, 0.6) is 5.75 Å². The molecule has 0 aliphatic carbocycles. The van der Waals surface area contributed by atoms with Gasteiger partial charge in [0.05, 0.1) is 18.1 Å². The van der Waals surface area contributed by atoms with Gasteiger partial charge in [0.1, 0.15) is 11.3 Å². The largest absolute Gasteiger partial charge is 0.496 e. The van der Waals surface area contributed by atoms with Crippen molar-refractivity contribution in [2.75, 3.05) is 20.2 Å². The fourth-order valence-electron chi connectivity index (χ4n) is 2.79. The third-order valence-electron chi connectivity index (χ3n) is 3.96. The zero-order valence-corrected chi connectivity index (χ0v) is 13.2. The first kappa shape index (κ1) is 14.3. The molecule has 2 aliphatic rings. The summed E-state index contributed by atoms with van der Waals surface area (Å²) in [5.74, 6) is 0.567. The monoisotopic (exact) mass is 353 g/mol. The third-order valence-corrected chi connectivity index (χ3v) is 4.58.